The predicted octanol–water partition coefficient (Wildman–Crippen LogP) is 5.39. The molecule has 162 valence electrons. The van der Waals surface area contributed by atoms with Gasteiger partial charge in [-0.15, -0.1) is 0 Å². The van der Waals surface area contributed by atoms with E-state index in [2.05, 4.69) is 0 Å². The molecule has 0 bridgehead atoms. The van der Waals surface area contributed by atoms with Crippen LogP contribution in [0.5, 0.6) is 5.75 Å². The van der Waals surface area contributed by atoms with Gasteiger partial charge >= 0.3 is 12.1 Å². The van der Waals surface area contributed by atoms with Crippen LogP contribution in [0.4, 0.5) is 17.6 Å². The van der Waals surface area contributed by atoms with Gasteiger partial charge in [0.05, 0.1) is 24.6 Å². The summed E-state index contributed by atoms with van der Waals surface area (Å²) in [6.45, 7) is 0.599. The van der Waals surface area contributed by atoms with Crippen LogP contribution >= 0.6 is 11.6 Å². The number of likely N-dealkylation sites (tertiary alicyclic amines) is 1. The van der Waals surface area contributed by atoms with E-state index >= 15 is 0 Å². The van der Waals surface area contributed by atoms with Crippen molar-refractivity contribution in [3.63, 3.8) is 0 Å². The molecule has 0 aromatic heterocycles. The van der Waals surface area contributed by atoms with Crippen molar-refractivity contribution in [2.24, 2.45) is 5.92 Å². The quantitative estimate of drug-likeness (QED) is 0.627. The Labute approximate surface area is 176 Å². The van der Waals surface area contributed by atoms with Crippen LogP contribution in [-0.4, -0.2) is 36.2 Å². The Bertz CT molecular complexity index is 927. The van der Waals surface area contributed by atoms with Gasteiger partial charge in [0.25, 0.3) is 0 Å². The number of piperidine rings is 1. The Morgan fingerprint density at radius 3 is 2.40 bits per heavy atom. The lowest BCUT2D eigenvalue weighted by Gasteiger charge is -2.38. The molecule has 30 heavy (non-hydrogen) atoms. The van der Waals surface area contributed by atoms with Gasteiger partial charge in [-0.2, -0.15) is 13.2 Å². The third-order valence-electron chi connectivity index (χ3n) is 5.35. The maximum absolute atomic E-state index is 14.1. The lowest BCUT2D eigenvalue weighted by molar-refractivity contribution is -0.143. The number of halogens is 5. The molecule has 3 rings (SSSR count). The van der Waals surface area contributed by atoms with Gasteiger partial charge in [0, 0.05) is 10.6 Å². The second-order valence-electron chi connectivity index (χ2n) is 7.17. The number of alkyl halides is 3. The first kappa shape index (κ1) is 22.4. The smallest absolute Gasteiger partial charge is 0.416 e. The molecule has 1 N–H and O–H groups in total. The zero-order valence-electron chi connectivity index (χ0n) is 16.0. The zero-order chi connectivity index (χ0) is 22.1. The highest BCUT2D eigenvalue weighted by Crippen LogP contribution is 2.42. The molecule has 1 aliphatic heterocycles. The van der Waals surface area contributed by atoms with E-state index in [0.717, 1.165) is 12.1 Å². The predicted molar refractivity (Wildman–Crippen MR) is 103 cm³/mol. The number of hydrogen-bond donors (Lipinski definition) is 1. The molecular weight excluding hydrogens is 426 g/mol. The largest absolute Gasteiger partial charge is 0.496 e. The number of hydrogen-bond acceptors (Lipinski definition) is 3. The highest BCUT2D eigenvalue weighted by Gasteiger charge is 2.36. The van der Waals surface area contributed by atoms with E-state index in [1.54, 1.807) is 0 Å². The lowest BCUT2D eigenvalue weighted by atomic mass is 9.90. The van der Waals surface area contributed by atoms with Crippen LogP contribution in [0.15, 0.2) is 36.4 Å². The van der Waals surface area contributed by atoms with Crippen LogP contribution in [0.2, 0.25) is 5.02 Å². The highest BCUT2D eigenvalue weighted by molar-refractivity contribution is 6.31. The first-order valence-corrected chi connectivity index (χ1v) is 9.66. The van der Waals surface area contributed by atoms with Crippen molar-refractivity contribution in [2.75, 3.05) is 20.2 Å². The van der Waals surface area contributed by atoms with Crippen molar-refractivity contribution in [1.82, 2.24) is 4.90 Å². The fourth-order valence-corrected chi connectivity index (χ4v) is 4.03. The van der Waals surface area contributed by atoms with Crippen LogP contribution < -0.4 is 4.74 Å². The number of carbonyl (C=O) groups is 1. The van der Waals surface area contributed by atoms with Crippen LogP contribution in [0.3, 0.4) is 0 Å². The van der Waals surface area contributed by atoms with Crippen LogP contribution in [0.1, 0.15) is 35.6 Å². The summed E-state index contributed by atoms with van der Waals surface area (Å²) in [5, 5.41) is 9.35. The molecule has 0 aliphatic carbocycles. The molecule has 9 heteroatoms. The minimum Gasteiger partial charge on any atom is -0.496 e. The average molecular weight is 446 g/mol. The standard InChI is InChI=1S/C21H20ClF4NO3/c1-30-18-5-3-14(23)11-16(18)19(27-8-6-12(7-9-27)20(28)29)15-10-13(21(24,25)26)2-4-17(15)22/h2-5,10-12,19H,6-9H2,1H3,(H,28,29). The van der Waals surface area contributed by atoms with E-state index in [-0.39, 0.29) is 10.6 Å². The first-order chi connectivity index (χ1) is 14.1. The maximum Gasteiger partial charge on any atom is 0.416 e. The summed E-state index contributed by atoms with van der Waals surface area (Å²) in [7, 11) is 1.39. The molecule has 1 saturated heterocycles. The van der Waals surface area contributed by atoms with Gasteiger partial charge in [-0.25, -0.2) is 4.39 Å². The van der Waals surface area contributed by atoms with Gasteiger partial charge in [-0.1, -0.05) is 11.6 Å². The number of ether oxygens (including phenoxy) is 1. The topological polar surface area (TPSA) is 49.8 Å². The maximum atomic E-state index is 14.1. The molecule has 1 heterocycles. The Morgan fingerprint density at radius 1 is 1.17 bits per heavy atom. The Morgan fingerprint density at radius 2 is 1.83 bits per heavy atom. The highest BCUT2D eigenvalue weighted by atomic mass is 35.5. The van der Waals surface area contributed by atoms with Crippen LogP contribution in [-0.2, 0) is 11.0 Å². The van der Waals surface area contributed by atoms with Gasteiger partial charge in [0.15, 0.2) is 0 Å². The number of nitrogens with zero attached hydrogens (tertiary/aromatic N) is 1. The summed E-state index contributed by atoms with van der Waals surface area (Å²) >= 11 is 6.30. The minimum absolute atomic E-state index is 0.0969. The van der Waals surface area contributed by atoms with Crippen molar-refractivity contribution < 1.29 is 32.2 Å². The molecular formula is C21H20ClF4NO3. The normalized spacial score (nSPS) is 17.0. The van der Waals surface area contributed by atoms with E-state index < -0.39 is 35.5 Å². The first-order valence-electron chi connectivity index (χ1n) is 9.28. The van der Waals surface area contributed by atoms with E-state index in [1.807, 2.05) is 4.90 Å². The van der Waals surface area contributed by atoms with Crippen molar-refractivity contribution in [3.8, 4) is 5.75 Å². The molecule has 0 saturated carbocycles. The fraction of sp³-hybridized carbons (Fsp3) is 0.381. The average Bonchev–Trinajstić information content (AvgIpc) is 2.69. The second kappa shape index (κ2) is 8.81. The van der Waals surface area contributed by atoms with E-state index in [0.29, 0.717) is 37.2 Å². The number of benzene rings is 2. The number of carboxylic acid groups (broad SMARTS) is 1. The van der Waals surface area contributed by atoms with Crippen LogP contribution in [0, 0.1) is 11.7 Å². The van der Waals surface area contributed by atoms with Crippen molar-refractivity contribution >= 4 is 17.6 Å². The van der Waals surface area contributed by atoms with E-state index in [9.17, 15) is 27.5 Å². The molecule has 1 fully saturated rings. The number of aliphatic carboxylic acids is 1. The number of rotatable bonds is 5. The van der Waals surface area contributed by atoms with Crippen LogP contribution in [0.25, 0.3) is 0 Å². The molecule has 2 aromatic rings. The summed E-state index contributed by atoms with van der Waals surface area (Å²) in [4.78, 5) is 13.1. The summed E-state index contributed by atoms with van der Waals surface area (Å²) in [6.07, 6.45) is -3.94. The SMILES string of the molecule is COc1ccc(F)cc1C(c1cc(C(F)(F)F)ccc1Cl)N1CCC(C(=O)O)CC1. The summed E-state index contributed by atoms with van der Waals surface area (Å²) < 4.78 is 59.5. The minimum atomic E-state index is -4.58. The van der Waals surface area contributed by atoms with Gasteiger partial charge in [-0.05, 0) is 67.9 Å². The van der Waals surface area contributed by atoms with Crippen molar-refractivity contribution in [2.45, 2.75) is 25.1 Å². The zero-order valence-corrected chi connectivity index (χ0v) is 16.8. The summed E-state index contributed by atoms with van der Waals surface area (Å²) in [6, 6.07) is 6.00. The molecule has 0 radical (unpaired) electrons. The Balaban J connectivity index is 2.12. The second-order valence-corrected chi connectivity index (χ2v) is 7.58. The molecule has 1 unspecified atom stereocenters. The molecule has 1 atom stereocenters. The van der Waals surface area contributed by atoms with Crippen molar-refractivity contribution in [3.05, 3.63) is 63.9 Å². The Kier molecular flexibility index (Phi) is 6.57. The van der Waals surface area contributed by atoms with E-state index in [4.69, 9.17) is 16.3 Å². The molecule has 2 aromatic carbocycles. The van der Waals surface area contributed by atoms with Gasteiger partial charge in [-0.3, -0.25) is 9.69 Å². The molecule has 0 amide bonds. The molecule has 1 aliphatic rings. The third kappa shape index (κ3) is 4.70. The summed E-state index contributed by atoms with van der Waals surface area (Å²) in [5.41, 5.74) is -0.389. The van der Waals surface area contributed by atoms with Gasteiger partial charge in [0.2, 0.25) is 0 Å². The Hall–Kier alpha value is -2.32. The molecule has 0 spiro atoms. The van der Waals surface area contributed by atoms with Gasteiger partial charge in [0.1, 0.15) is 11.6 Å². The number of methoxy groups -OCH3 is 1. The summed E-state index contributed by atoms with van der Waals surface area (Å²) in [5.74, 6) is -1.71. The number of carboxylic acids is 1. The molecule has 4 nitrogen and oxygen atoms in total. The third-order valence-corrected chi connectivity index (χ3v) is 5.69. The van der Waals surface area contributed by atoms with Gasteiger partial charge < -0.3 is 9.84 Å². The van der Waals surface area contributed by atoms with Crippen molar-refractivity contribution in [1.29, 1.82) is 0 Å². The van der Waals surface area contributed by atoms with E-state index in [1.165, 1.54) is 31.4 Å². The monoisotopic (exact) mass is 445 g/mol. The lowest BCUT2D eigenvalue weighted by Crippen LogP contribution is -2.39. The fourth-order valence-electron chi connectivity index (χ4n) is 3.81.